The van der Waals surface area contributed by atoms with Crippen molar-refractivity contribution in [2.24, 2.45) is 0 Å². The molecule has 138 valence electrons. The van der Waals surface area contributed by atoms with Gasteiger partial charge in [0.15, 0.2) is 5.78 Å². The largest absolute Gasteiger partial charge is 1.00 e. The second-order valence-corrected chi connectivity index (χ2v) is 6.28. The highest BCUT2D eigenvalue weighted by molar-refractivity contribution is 5.96. The Morgan fingerprint density at radius 1 is 0.923 bits per heavy atom. The third-order valence-electron chi connectivity index (χ3n) is 4.44. The number of benzene rings is 2. The van der Waals surface area contributed by atoms with E-state index in [4.69, 9.17) is 0 Å². The van der Waals surface area contributed by atoms with Gasteiger partial charge in [0.2, 0.25) is 5.91 Å². The fraction of sp³-hybridized carbons (Fsp3) is 0.300. The highest BCUT2D eigenvalue weighted by Crippen LogP contribution is 2.15. The van der Waals surface area contributed by atoms with Crippen LogP contribution in [0.4, 0.5) is 11.4 Å². The van der Waals surface area contributed by atoms with E-state index in [-0.39, 0.29) is 24.1 Å². The third kappa shape index (κ3) is 5.31. The predicted molar refractivity (Wildman–Crippen MR) is 100 cm³/mol. The lowest BCUT2D eigenvalue weighted by atomic mass is 10.1. The molecule has 1 heterocycles. The van der Waals surface area contributed by atoms with Gasteiger partial charge in [0, 0.05) is 43.1 Å². The minimum atomic E-state index is -0.0243. The number of amides is 1. The van der Waals surface area contributed by atoms with Crippen molar-refractivity contribution < 1.29 is 22.0 Å². The fourth-order valence-electron chi connectivity index (χ4n) is 2.99. The van der Waals surface area contributed by atoms with Crippen molar-refractivity contribution in [1.29, 1.82) is 0 Å². The van der Waals surface area contributed by atoms with Gasteiger partial charge in [0.05, 0.1) is 6.54 Å². The van der Waals surface area contributed by atoms with Crippen LogP contribution in [0.15, 0.2) is 54.6 Å². The Balaban J connectivity index is 0.00000243. The van der Waals surface area contributed by atoms with Gasteiger partial charge in [0.25, 0.3) is 0 Å². The number of halogens is 1. The van der Waals surface area contributed by atoms with Crippen molar-refractivity contribution in [2.75, 3.05) is 42.9 Å². The van der Waals surface area contributed by atoms with Crippen LogP contribution in [0.2, 0.25) is 0 Å². The van der Waals surface area contributed by atoms with Crippen LogP contribution in [-0.2, 0) is 4.79 Å². The van der Waals surface area contributed by atoms with Gasteiger partial charge in [-0.05, 0) is 43.3 Å². The molecule has 3 rings (SSSR count). The summed E-state index contributed by atoms with van der Waals surface area (Å²) in [5, 5.41) is 2.89. The van der Waals surface area contributed by atoms with Crippen molar-refractivity contribution in [3.63, 3.8) is 0 Å². The SMILES string of the molecule is CC(=O)c1ccc(NC(=O)CN2CCN(c3ccccc3)CC2)cc1.[Cl-]. The van der Waals surface area contributed by atoms with Crippen molar-refractivity contribution in [1.82, 2.24) is 4.90 Å². The molecule has 1 N–H and O–H groups in total. The Morgan fingerprint density at radius 2 is 1.54 bits per heavy atom. The highest BCUT2D eigenvalue weighted by Gasteiger charge is 2.19. The summed E-state index contributed by atoms with van der Waals surface area (Å²) in [6, 6.07) is 17.4. The predicted octanol–water partition coefficient (Wildman–Crippen LogP) is -0.346. The highest BCUT2D eigenvalue weighted by atomic mass is 35.5. The second-order valence-electron chi connectivity index (χ2n) is 6.28. The first-order chi connectivity index (χ1) is 12.1. The van der Waals surface area contributed by atoms with Crippen LogP contribution in [0.5, 0.6) is 0 Å². The lowest BCUT2D eigenvalue weighted by Crippen LogP contribution is -3.00. The van der Waals surface area contributed by atoms with Crippen LogP contribution in [-0.4, -0.2) is 49.3 Å². The molecule has 6 heteroatoms. The van der Waals surface area contributed by atoms with Gasteiger partial charge in [-0.2, -0.15) is 0 Å². The maximum Gasteiger partial charge on any atom is 0.238 e. The molecule has 0 unspecified atom stereocenters. The van der Waals surface area contributed by atoms with Crippen LogP contribution in [0.3, 0.4) is 0 Å². The number of Topliss-reactive ketones (excluding diaryl/α,β-unsaturated/α-hetero) is 1. The number of para-hydroxylation sites is 1. The molecular weight excluding hydrogens is 350 g/mol. The number of hydrogen-bond acceptors (Lipinski definition) is 4. The molecule has 2 aromatic carbocycles. The second kappa shape index (κ2) is 9.36. The average Bonchev–Trinajstić information content (AvgIpc) is 2.63. The molecule has 0 saturated carbocycles. The standard InChI is InChI=1S/C20H23N3O2.ClH/c1-16(24)17-7-9-18(10-8-17)21-20(25)15-22-11-13-23(14-12-22)19-5-3-2-4-6-19;/h2-10H,11-15H2,1H3,(H,21,25);1H/p-1. The number of nitrogens with one attached hydrogen (secondary N) is 1. The van der Waals surface area contributed by atoms with Crippen molar-refractivity contribution in [2.45, 2.75) is 6.92 Å². The summed E-state index contributed by atoms with van der Waals surface area (Å²) >= 11 is 0. The van der Waals surface area contributed by atoms with E-state index in [9.17, 15) is 9.59 Å². The number of hydrogen-bond donors (Lipinski definition) is 1. The quantitative estimate of drug-likeness (QED) is 0.729. The Kier molecular flexibility index (Phi) is 7.18. The molecular formula is C20H23ClN3O2-. The molecule has 0 aliphatic carbocycles. The Labute approximate surface area is 160 Å². The van der Waals surface area contributed by atoms with Gasteiger partial charge in [-0.25, -0.2) is 0 Å². The summed E-state index contributed by atoms with van der Waals surface area (Å²) < 4.78 is 0. The van der Waals surface area contributed by atoms with E-state index in [1.807, 2.05) is 18.2 Å². The molecule has 1 saturated heterocycles. The lowest BCUT2D eigenvalue weighted by molar-refractivity contribution is -0.117. The number of piperazine rings is 1. The average molecular weight is 373 g/mol. The lowest BCUT2D eigenvalue weighted by Gasteiger charge is -2.35. The van der Waals surface area contributed by atoms with E-state index in [0.717, 1.165) is 31.9 Å². The number of ketones is 1. The van der Waals surface area contributed by atoms with Gasteiger partial charge < -0.3 is 22.6 Å². The first kappa shape index (κ1) is 19.9. The first-order valence-electron chi connectivity index (χ1n) is 8.55. The topological polar surface area (TPSA) is 52.7 Å². The van der Waals surface area contributed by atoms with Gasteiger partial charge in [0.1, 0.15) is 0 Å². The number of carbonyl (C=O) groups is 2. The summed E-state index contributed by atoms with van der Waals surface area (Å²) in [6.07, 6.45) is 0. The molecule has 0 spiro atoms. The Bertz CT molecular complexity index is 726. The molecule has 1 aliphatic rings. The molecule has 1 aliphatic heterocycles. The molecule has 26 heavy (non-hydrogen) atoms. The third-order valence-corrected chi connectivity index (χ3v) is 4.44. The molecule has 0 atom stereocenters. The molecule has 5 nitrogen and oxygen atoms in total. The van der Waals surface area contributed by atoms with Crippen LogP contribution in [0.1, 0.15) is 17.3 Å². The summed E-state index contributed by atoms with van der Waals surface area (Å²) in [6.45, 7) is 5.49. The minimum Gasteiger partial charge on any atom is -1.00 e. The number of nitrogens with zero attached hydrogens (tertiary/aromatic N) is 2. The smallest absolute Gasteiger partial charge is 0.238 e. The zero-order chi connectivity index (χ0) is 17.6. The van der Waals surface area contributed by atoms with Gasteiger partial charge >= 0.3 is 0 Å². The van der Waals surface area contributed by atoms with Crippen molar-refractivity contribution in [3.8, 4) is 0 Å². The Hall–Kier alpha value is -2.37. The normalized spacial score (nSPS) is 14.4. The molecule has 0 radical (unpaired) electrons. The summed E-state index contributed by atoms with van der Waals surface area (Å²) in [5.41, 5.74) is 2.60. The molecule has 2 aromatic rings. The first-order valence-corrected chi connectivity index (χ1v) is 8.55. The maximum absolute atomic E-state index is 12.2. The van der Waals surface area contributed by atoms with Crippen LogP contribution in [0.25, 0.3) is 0 Å². The minimum absolute atomic E-state index is 0. The summed E-state index contributed by atoms with van der Waals surface area (Å²) in [4.78, 5) is 28.0. The monoisotopic (exact) mass is 372 g/mol. The van der Waals surface area contributed by atoms with E-state index < -0.39 is 0 Å². The summed E-state index contributed by atoms with van der Waals surface area (Å²) in [7, 11) is 0. The fourth-order valence-corrected chi connectivity index (χ4v) is 2.99. The number of carbonyl (C=O) groups excluding carboxylic acids is 2. The van der Waals surface area contributed by atoms with Gasteiger partial charge in [-0.3, -0.25) is 14.5 Å². The van der Waals surface area contributed by atoms with E-state index in [2.05, 4.69) is 27.2 Å². The zero-order valence-electron chi connectivity index (χ0n) is 14.8. The summed E-state index contributed by atoms with van der Waals surface area (Å²) in [5.74, 6) is -0.00194. The van der Waals surface area contributed by atoms with Gasteiger partial charge in [-0.1, -0.05) is 18.2 Å². The molecule has 1 fully saturated rings. The van der Waals surface area contributed by atoms with E-state index in [1.165, 1.54) is 12.6 Å². The Morgan fingerprint density at radius 3 is 2.12 bits per heavy atom. The zero-order valence-corrected chi connectivity index (χ0v) is 15.6. The van der Waals surface area contributed by atoms with Crippen LogP contribution in [0, 0.1) is 0 Å². The van der Waals surface area contributed by atoms with Crippen LogP contribution < -0.4 is 22.6 Å². The van der Waals surface area contributed by atoms with Crippen LogP contribution >= 0.6 is 0 Å². The van der Waals surface area contributed by atoms with E-state index >= 15 is 0 Å². The van der Waals surface area contributed by atoms with Gasteiger partial charge in [-0.15, -0.1) is 0 Å². The van der Waals surface area contributed by atoms with Crippen molar-refractivity contribution in [3.05, 3.63) is 60.2 Å². The van der Waals surface area contributed by atoms with Crippen molar-refractivity contribution >= 4 is 23.1 Å². The number of anilines is 2. The van der Waals surface area contributed by atoms with E-state index in [0.29, 0.717) is 12.1 Å². The number of rotatable bonds is 5. The molecule has 0 aromatic heterocycles. The maximum atomic E-state index is 12.2. The molecule has 0 bridgehead atoms. The molecule has 1 amide bonds. The van der Waals surface area contributed by atoms with E-state index in [1.54, 1.807) is 24.3 Å².